The molecule has 8 heteroatoms. The number of rotatable bonds is 12. The Balaban J connectivity index is 0. The van der Waals surface area contributed by atoms with E-state index in [1.54, 1.807) is 14.2 Å². The summed E-state index contributed by atoms with van der Waals surface area (Å²) >= 11 is 0. The number of halogens is 1. The minimum absolute atomic E-state index is 0. The number of hydrogen-bond acceptors (Lipinski definition) is 4. The highest BCUT2D eigenvalue weighted by Gasteiger charge is 2.02. The maximum absolute atomic E-state index is 11.5. The number of nitrogens with zero attached hydrogens (tertiary/aromatic N) is 2. The molecule has 23 heavy (non-hydrogen) atoms. The summed E-state index contributed by atoms with van der Waals surface area (Å²) in [5.74, 6) is 0.802. The van der Waals surface area contributed by atoms with E-state index in [-0.39, 0.29) is 29.9 Å². The van der Waals surface area contributed by atoms with Crippen molar-refractivity contribution in [1.29, 1.82) is 0 Å². The summed E-state index contributed by atoms with van der Waals surface area (Å²) in [6.07, 6.45) is 2.45. The monoisotopic (exact) mass is 443 g/mol. The molecule has 0 aromatic rings. The maximum Gasteiger partial charge on any atom is 0.221 e. The highest BCUT2D eigenvalue weighted by molar-refractivity contribution is 14.0. The van der Waals surface area contributed by atoms with Crippen LogP contribution in [-0.4, -0.2) is 77.3 Å². The zero-order chi connectivity index (χ0) is 16.6. The van der Waals surface area contributed by atoms with Gasteiger partial charge in [0.2, 0.25) is 5.91 Å². The van der Waals surface area contributed by atoms with E-state index in [4.69, 9.17) is 4.74 Å². The molecule has 0 unspecified atom stereocenters. The summed E-state index contributed by atoms with van der Waals surface area (Å²) in [7, 11) is 5.54. The Bertz CT molecular complexity index is 316. The average Bonchev–Trinajstić information content (AvgIpc) is 2.51. The first-order valence-electron chi connectivity index (χ1n) is 8.02. The van der Waals surface area contributed by atoms with Crippen molar-refractivity contribution in [3.63, 3.8) is 0 Å². The number of aliphatic imine (C=N–C) groups is 1. The van der Waals surface area contributed by atoms with Crippen LogP contribution in [0.3, 0.4) is 0 Å². The van der Waals surface area contributed by atoms with Crippen molar-refractivity contribution in [1.82, 2.24) is 20.9 Å². The van der Waals surface area contributed by atoms with Crippen molar-refractivity contribution in [2.75, 3.05) is 60.5 Å². The zero-order valence-corrected chi connectivity index (χ0v) is 17.3. The SMILES string of the molecule is CCCNC(=O)CCNC(=NC)NCCN(C)CCCOC.I. The smallest absolute Gasteiger partial charge is 0.221 e. The zero-order valence-electron chi connectivity index (χ0n) is 15.0. The number of ether oxygens (including phenoxy) is 1. The fourth-order valence-corrected chi connectivity index (χ4v) is 1.82. The maximum atomic E-state index is 11.5. The Morgan fingerprint density at radius 1 is 1.13 bits per heavy atom. The highest BCUT2D eigenvalue weighted by atomic mass is 127. The predicted octanol–water partition coefficient (Wildman–Crippen LogP) is 0.654. The molecule has 0 aromatic carbocycles. The van der Waals surface area contributed by atoms with E-state index in [2.05, 4.69) is 32.9 Å². The number of amides is 1. The summed E-state index contributed by atoms with van der Waals surface area (Å²) in [5.41, 5.74) is 0. The van der Waals surface area contributed by atoms with Gasteiger partial charge in [-0.05, 0) is 19.9 Å². The van der Waals surface area contributed by atoms with Crippen LogP contribution < -0.4 is 16.0 Å². The van der Waals surface area contributed by atoms with E-state index in [1.165, 1.54) is 0 Å². The normalized spacial score (nSPS) is 11.1. The Kier molecular flexibility index (Phi) is 19.0. The Morgan fingerprint density at radius 3 is 2.43 bits per heavy atom. The first kappa shape index (κ1) is 24.6. The molecule has 0 radical (unpaired) electrons. The van der Waals surface area contributed by atoms with Gasteiger partial charge < -0.3 is 25.6 Å². The number of guanidine groups is 1. The molecule has 0 saturated carbocycles. The third kappa shape index (κ3) is 16.0. The number of likely N-dealkylation sites (N-methyl/N-ethyl adjacent to an activating group) is 1. The van der Waals surface area contributed by atoms with Gasteiger partial charge in [0.1, 0.15) is 0 Å². The van der Waals surface area contributed by atoms with E-state index in [9.17, 15) is 4.79 Å². The fourth-order valence-electron chi connectivity index (χ4n) is 1.82. The second-order valence-electron chi connectivity index (χ2n) is 5.18. The molecule has 0 spiro atoms. The number of methoxy groups -OCH3 is 1. The lowest BCUT2D eigenvalue weighted by Crippen LogP contribution is -2.42. The summed E-state index contributed by atoms with van der Waals surface area (Å²) in [4.78, 5) is 17.9. The molecule has 0 rings (SSSR count). The predicted molar refractivity (Wildman–Crippen MR) is 107 cm³/mol. The van der Waals surface area contributed by atoms with Crippen molar-refractivity contribution in [2.45, 2.75) is 26.2 Å². The van der Waals surface area contributed by atoms with Crippen LogP contribution in [-0.2, 0) is 9.53 Å². The Morgan fingerprint density at radius 2 is 1.83 bits per heavy atom. The van der Waals surface area contributed by atoms with Gasteiger partial charge in [-0.3, -0.25) is 9.79 Å². The van der Waals surface area contributed by atoms with Gasteiger partial charge in [0.25, 0.3) is 0 Å². The second-order valence-corrected chi connectivity index (χ2v) is 5.18. The van der Waals surface area contributed by atoms with E-state index in [0.29, 0.717) is 13.0 Å². The molecule has 0 heterocycles. The minimum atomic E-state index is 0. The van der Waals surface area contributed by atoms with Gasteiger partial charge in [-0.1, -0.05) is 6.92 Å². The van der Waals surface area contributed by atoms with Gasteiger partial charge in [0, 0.05) is 59.9 Å². The molecule has 0 aromatic heterocycles. The first-order chi connectivity index (χ1) is 10.6. The van der Waals surface area contributed by atoms with Gasteiger partial charge in [-0.2, -0.15) is 0 Å². The van der Waals surface area contributed by atoms with Crippen LogP contribution in [0.2, 0.25) is 0 Å². The van der Waals surface area contributed by atoms with Crippen molar-refractivity contribution in [3.8, 4) is 0 Å². The van der Waals surface area contributed by atoms with Gasteiger partial charge >= 0.3 is 0 Å². The molecule has 0 aliphatic heterocycles. The molecule has 0 saturated heterocycles. The lowest BCUT2D eigenvalue weighted by Gasteiger charge is -2.18. The first-order valence-corrected chi connectivity index (χ1v) is 8.02. The molecule has 0 fully saturated rings. The molecule has 0 aliphatic carbocycles. The largest absolute Gasteiger partial charge is 0.385 e. The second kappa shape index (κ2) is 17.7. The van der Waals surface area contributed by atoms with Crippen LogP contribution in [0, 0.1) is 0 Å². The lowest BCUT2D eigenvalue weighted by atomic mass is 10.4. The van der Waals surface area contributed by atoms with Crippen molar-refractivity contribution >= 4 is 35.8 Å². The van der Waals surface area contributed by atoms with Crippen LogP contribution in [0.1, 0.15) is 26.2 Å². The Hall–Kier alpha value is -0.610. The number of nitrogens with one attached hydrogen (secondary N) is 3. The van der Waals surface area contributed by atoms with E-state index < -0.39 is 0 Å². The third-order valence-electron chi connectivity index (χ3n) is 3.11. The quantitative estimate of drug-likeness (QED) is 0.179. The highest BCUT2D eigenvalue weighted by Crippen LogP contribution is 1.87. The van der Waals surface area contributed by atoms with E-state index >= 15 is 0 Å². The number of hydrogen-bond donors (Lipinski definition) is 3. The molecule has 138 valence electrons. The van der Waals surface area contributed by atoms with Crippen LogP contribution >= 0.6 is 24.0 Å². The van der Waals surface area contributed by atoms with Gasteiger partial charge in [0.05, 0.1) is 0 Å². The molecular weight excluding hydrogens is 409 g/mol. The van der Waals surface area contributed by atoms with E-state index in [0.717, 1.165) is 51.6 Å². The molecular formula is C15H34IN5O2. The minimum Gasteiger partial charge on any atom is -0.385 e. The standard InChI is InChI=1S/C15H33N5O2.HI/c1-5-8-17-14(21)7-9-18-15(16-2)19-10-12-20(3)11-6-13-22-4;/h5-13H2,1-4H3,(H,17,21)(H2,16,18,19);1H. The molecule has 0 bridgehead atoms. The van der Waals surface area contributed by atoms with Crippen LogP contribution in [0.5, 0.6) is 0 Å². The number of carbonyl (C=O) groups excluding carboxylic acids is 1. The Labute approximate surface area is 158 Å². The summed E-state index contributed by atoms with van der Waals surface area (Å²) in [5, 5.41) is 9.23. The van der Waals surface area contributed by atoms with Crippen LogP contribution in [0.4, 0.5) is 0 Å². The summed E-state index contributed by atoms with van der Waals surface area (Å²) < 4.78 is 5.04. The van der Waals surface area contributed by atoms with Crippen LogP contribution in [0.25, 0.3) is 0 Å². The van der Waals surface area contributed by atoms with Crippen molar-refractivity contribution < 1.29 is 9.53 Å². The molecule has 7 nitrogen and oxygen atoms in total. The molecule has 0 aliphatic rings. The third-order valence-corrected chi connectivity index (χ3v) is 3.11. The van der Waals surface area contributed by atoms with Gasteiger partial charge in [-0.15, -0.1) is 24.0 Å². The molecule has 3 N–H and O–H groups in total. The van der Waals surface area contributed by atoms with Crippen molar-refractivity contribution in [2.24, 2.45) is 4.99 Å². The molecule has 1 amide bonds. The molecule has 0 atom stereocenters. The number of carbonyl (C=O) groups is 1. The van der Waals surface area contributed by atoms with Gasteiger partial charge in [-0.25, -0.2) is 0 Å². The fraction of sp³-hybridized carbons (Fsp3) is 0.867. The van der Waals surface area contributed by atoms with Crippen molar-refractivity contribution in [3.05, 3.63) is 0 Å². The summed E-state index contributed by atoms with van der Waals surface area (Å²) in [6.45, 7) is 6.91. The average molecular weight is 443 g/mol. The van der Waals surface area contributed by atoms with Crippen LogP contribution in [0.15, 0.2) is 4.99 Å². The van der Waals surface area contributed by atoms with Gasteiger partial charge in [0.15, 0.2) is 5.96 Å². The topological polar surface area (TPSA) is 78.0 Å². The lowest BCUT2D eigenvalue weighted by molar-refractivity contribution is -0.120. The summed E-state index contributed by atoms with van der Waals surface area (Å²) in [6, 6.07) is 0. The van der Waals surface area contributed by atoms with E-state index in [1.807, 2.05) is 6.92 Å².